The second kappa shape index (κ2) is 10.8. The fraction of sp³-hybridized carbons (Fsp3) is 0.385. The summed E-state index contributed by atoms with van der Waals surface area (Å²) in [5, 5.41) is 3.06. The molecule has 4 rings (SSSR count). The number of carbonyl (C=O) groups is 2. The van der Waals surface area contributed by atoms with Gasteiger partial charge in [-0.15, -0.1) is 0 Å². The molecule has 10 nitrogen and oxygen atoms in total. The van der Waals surface area contributed by atoms with Crippen LogP contribution in [-0.2, 0) is 30.7 Å². The predicted octanol–water partition coefficient (Wildman–Crippen LogP) is 2.71. The number of ether oxygens (including phenoxy) is 3. The maximum Gasteiger partial charge on any atom is 0.242 e. The summed E-state index contributed by atoms with van der Waals surface area (Å²) >= 11 is 0. The molecule has 2 amide bonds. The summed E-state index contributed by atoms with van der Waals surface area (Å²) in [6.45, 7) is 4.76. The van der Waals surface area contributed by atoms with Crippen LogP contribution in [0, 0.1) is 0 Å². The molecule has 0 bridgehead atoms. The molecule has 37 heavy (non-hydrogen) atoms. The molecule has 2 aromatic carbocycles. The van der Waals surface area contributed by atoms with E-state index in [1.807, 2.05) is 13.8 Å². The minimum atomic E-state index is -4.03. The maximum absolute atomic E-state index is 13.3. The Kier molecular flexibility index (Phi) is 7.74. The molecule has 0 radical (unpaired) electrons. The molecule has 198 valence electrons. The smallest absolute Gasteiger partial charge is 0.242 e. The van der Waals surface area contributed by atoms with E-state index >= 15 is 0 Å². The second-order valence-corrected chi connectivity index (χ2v) is 11.0. The average Bonchev–Trinajstić information content (AvgIpc) is 3.22. The number of para-hydroxylation sites is 1. The van der Waals surface area contributed by atoms with Crippen LogP contribution in [0.25, 0.3) is 10.9 Å². The topological polar surface area (TPSA) is 116 Å². The third-order valence-electron chi connectivity index (χ3n) is 6.15. The van der Waals surface area contributed by atoms with Crippen molar-refractivity contribution in [3.63, 3.8) is 0 Å². The number of methoxy groups -OCH3 is 2. The lowest BCUT2D eigenvalue weighted by atomic mass is 10.2. The number of hydrogen-bond donors (Lipinski definition) is 1. The molecule has 2 unspecified atom stereocenters. The van der Waals surface area contributed by atoms with E-state index in [9.17, 15) is 18.0 Å². The second-order valence-electron chi connectivity index (χ2n) is 9.07. The van der Waals surface area contributed by atoms with Gasteiger partial charge in [0.05, 0.1) is 31.3 Å². The van der Waals surface area contributed by atoms with Crippen LogP contribution in [0.5, 0.6) is 11.5 Å². The molecule has 1 N–H and O–H groups in total. The maximum atomic E-state index is 13.3. The molecule has 0 aliphatic carbocycles. The number of sulfone groups is 1. The van der Waals surface area contributed by atoms with Crippen molar-refractivity contribution in [2.24, 2.45) is 0 Å². The van der Waals surface area contributed by atoms with Crippen molar-refractivity contribution in [2.45, 2.75) is 37.5 Å². The zero-order chi connectivity index (χ0) is 26.7. The molecular formula is C26H31N3O7S. The Hall–Kier alpha value is -3.57. The standard InChI is InChI=1S/C26H31N3O7S/c1-17-12-29(13-18(2)36-17)26(31)15-28-14-24(20-7-5-6-8-21(20)28)37(32,33)16-25(30)27-19-9-10-22(34-3)23(11-19)35-4/h5-11,14,17-18H,12-13,15-16H2,1-4H3,(H,27,30). The fourth-order valence-corrected chi connectivity index (χ4v) is 5.95. The van der Waals surface area contributed by atoms with Gasteiger partial charge in [0.2, 0.25) is 11.8 Å². The summed E-state index contributed by atoms with van der Waals surface area (Å²) in [6.07, 6.45) is 1.29. The first-order valence-corrected chi connectivity index (χ1v) is 13.5. The molecular weight excluding hydrogens is 498 g/mol. The third-order valence-corrected chi connectivity index (χ3v) is 7.79. The van der Waals surface area contributed by atoms with E-state index in [0.717, 1.165) is 0 Å². The number of hydrogen-bond acceptors (Lipinski definition) is 7. The Morgan fingerprint density at radius 3 is 2.38 bits per heavy atom. The molecule has 1 aliphatic rings. The average molecular weight is 530 g/mol. The first kappa shape index (κ1) is 26.5. The van der Waals surface area contributed by atoms with Gasteiger partial charge in [-0.05, 0) is 32.0 Å². The van der Waals surface area contributed by atoms with Crippen molar-refractivity contribution in [3.05, 3.63) is 48.7 Å². The van der Waals surface area contributed by atoms with Crippen molar-refractivity contribution in [3.8, 4) is 11.5 Å². The lowest BCUT2D eigenvalue weighted by Gasteiger charge is -2.35. The Morgan fingerprint density at radius 2 is 1.70 bits per heavy atom. The third kappa shape index (κ3) is 5.89. The van der Waals surface area contributed by atoms with Gasteiger partial charge in [0.1, 0.15) is 12.3 Å². The van der Waals surface area contributed by atoms with Crippen LogP contribution in [0.2, 0.25) is 0 Å². The Morgan fingerprint density at radius 1 is 1.03 bits per heavy atom. The number of nitrogens with zero attached hydrogens (tertiary/aromatic N) is 2. The predicted molar refractivity (Wildman–Crippen MR) is 139 cm³/mol. The van der Waals surface area contributed by atoms with Crippen molar-refractivity contribution in [2.75, 3.05) is 38.4 Å². The van der Waals surface area contributed by atoms with E-state index in [-0.39, 0.29) is 29.6 Å². The summed E-state index contributed by atoms with van der Waals surface area (Å²) in [5.74, 6) is -0.701. The highest BCUT2D eigenvalue weighted by molar-refractivity contribution is 7.92. The van der Waals surface area contributed by atoms with Gasteiger partial charge in [0.25, 0.3) is 0 Å². The van der Waals surface area contributed by atoms with Crippen molar-refractivity contribution < 1.29 is 32.2 Å². The molecule has 0 spiro atoms. The van der Waals surface area contributed by atoms with Gasteiger partial charge in [-0.3, -0.25) is 9.59 Å². The number of amides is 2. The number of aromatic nitrogens is 1. The van der Waals surface area contributed by atoms with Crippen LogP contribution in [0.15, 0.2) is 53.6 Å². The molecule has 1 aromatic heterocycles. The minimum absolute atomic E-state index is 0.00192. The summed E-state index contributed by atoms with van der Waals surface area (Å²) in [4.78, 5) is 27.5. The molecule has 0 saturated carbocycles. The van der Waals surface area contributed by atoms with Gasteiger partial charge in [0, 0.05) is 41.9 Å². The van der Waals surface area contributed by atoms with Crippen molar-refractivity contribution >= 4 is 38.2 Å². The van der Waals surface area contributed by atoms with Crippen LogP contribution in [0.1, 0.15) is 13.8 Å². The van der Waals surface area contributed by atoms with Gasteiger partial charge in [-0.1, -0.05) is 18.2 Å². The molecule has 3 aromatic rings. The van der Waals surface area contributed by atoms with Crippen LogP contribution >= 0.6 is 0 Å². The Bertz CT molecular complexity index is 1410. The minimum Gasteiger partial charge on any atom is -0.493 e. The highest BCUT2D eigenvalue weighted by Gasteiger charge is 2.28. The zero-order valence-corrected chi connectivity index (χ0v) is 22.1. The monoisotopic (exact) mass is 529 g/mol. The SMILES string of the molecule is COc1ccc(NC(=O)CS(=O)(=O)c2cn(CC(=O)N3CC(C)OC(C)C3)c3ccccc23)cc1OC. The number of carbonyl (C=O) groups excluding carboxylic acids is 2. The van der Waals surface area contributed by atoms with E-state index in [0.29, 0.717) is 41.2 Å². The van der Waals surface area contributed by atoms with Crippen LogP contribution in [0.4, 0.5) is 5.69 Å². The Balaban J connectivity index is 1.55. The van der Waals surface area contributed by atoms with Gasteiger partial charge in [-0.2, -0.15) is 0 Å². The summed E-state index contributed by atoms with van der Waals surface area (Å²) in [5.41, 5.74) is 0.976. The number of morpholine rings is 1. The first-order chi connectivity index (χ1) is 17.6. The molecule has 2 atom stereocenters. The van der Waals surface area contributed by atoms with E-state index in [1.54, 1.807) is 51.9 Å². The van der Waals surface area contributed by atoms with Crippen LogP contribution < -0.4 is 14.8 Å². The summed E-state index contributed by atoms with van der Waals surface area (Å²) < 4.78 is 44.4. The Labute approximate surface area is 216 Å². The lowest BCUT2D eigenvalue weighted by molar-refractivity contribution is -0.143. The molecule has 11 heteroatoms. The number of fused-ring (bicyclic) bond motifs is 1. The van der Waals surface area contributed by atoms with Gasteiger partial charge < -0.3 is 29.0 Å². The number of rotatable bonds is 8. The fourth-order valence-electron chi connectivity index (χ4n) is 4.58. The quantitative estimate of drug-likeness (QED) is 0.477. The number of anilines is 1. The van der Waals surface area contributed by atoms with E-state index < -0.39 is 21.5 Å². The lowest BCUT2D eigenvalue weighted by Crippen LogP contribution is -2.49. The van der Waals surface area contributed by atoms with E-state index in [2.05, 4.69) is 5.32 Å². The molecule has 1 saturated heterocycles. The van der Waals surface area contributed by atoms with Crippen molar-refractivity contribution in [1.29, 1.82) is 0 Å². The zero-order valence-electron chi connectivity index (χ0n) is 21.3. The largest absolute Gasteiger partial charge is 0.493 e. The number of benzene rings is 2. The highest BCUT2D eigenvalue weighted by Crippen LogP contribution is 2.30. The summed E-state index contributed by atoms with van der Waals surface area (Å²) in [7, 11) is -1.06. The van der Waals surface area contributed by atoms with Crippen molar-refractivity contribution in [1.82, 2.24) is 9.47 Å². The summed E-state index contributed by atoms with van der Waals surface area (Å²) in [6, 6.07) is 11.7. The first-order valence-electron chi connectivity index (χ1n) is 11.9. The normalized spacial score (nSPS) is 18.0. The van der Waals surface area contributed by atoms with E-state index in [1.165, 1.54) is 20.4 Å². The van der Waals surface area contributed by atoms with Gasteiger partial charge in [-0.25, -0.2) is 8.42 Å². The molecule has 1 aliphatic heterocycles. The molecule has 2 heterocycles. The van der Waals surface area contributed by atoms with E-state index in [4.69, 9.17) is 14.2 Å². The van der Waals surface area contributed by atoms with Gasteiger partial charge in [0.15, 0.2) is 21.3 Å². The van der Waals surface area contributed by atoms with Crippen LogP contribution in [0.3, 0.4) is 0 Å². The highest BCUT2D eigenvalue weighted by atomic mass is 32.2. The molecule has 1 fully saturated rings. The van der Waals surface area contributed by atoms with Crippen LogP contribution in [-0.4, -0.2) is 75.0 Å². The number of nitrogens with one attached hydrogen (secondary N) is 1. The van der Waals surface area contributed by atoms with Gasteiger partial charge >= 0.3 is 0 Å².